The minimum absolute atomic E-state index is 0.454. The second-order valence-electron chi connectivity index (χ2n) is 2.97. The van der Waals surface area contributed by atoms with Crippen LogP contribution in [0.15, 0.2) is 23.1 Å². The molecule has 1 rings (SSSR count). The molecule has 15 heavy (non-hydrogen) atoms. The molecule has 0 saturated heterocycles. The van der Waals surface area contributed by atoms with Crippen molar-refractivity contribution in [2.24, 2.45) is 0 Å². The van der Waals surface area contributed by atoms with Crippen LogP contribution in [0, 0.1) is 5.82 Å². The Morgan fingerprint density at radius 1 is 1.33 bits per heavy atom. The highest BCUT2D eigenvalue weighted by Crippen LogP contribution is 2.29. The van der Waals surface area contributed by atoms with Gasteiger partial charge in [0.15, 0.2) is 0 Å². The SMILES string of the molecule is CC(F)(F)c1ccc(S(=O)(=O)Cl)c(F)c1. The van der Waals surface area contributed by atoms with E-state index in [9.17, 15) is 21.6 Å². The van der Waals surface area contributed by atoms with E-state index in [1.54, 1.807) is 0 Å². The van der Waals surface area contributed by atoms with E-state index in [4.69, 9.17) is 10.7 Å². The van der Waals surface area contributed by atoms with Gasteiger partial charge in [0.1, 0.15) is 10.7 Å². The van der Waals surface area contributed by atoms with Gasteiger partial charge in [-0.15, -0.1) is 0 Å². The number of hydrogen-bond donors (Lipinski definition) is 0. The highest BCUT2D eigenvalue weighted by Gasteiger charge is 2.27. The number of halogens is 4. The third-order valence-electron chi connectivity index (χ3n) is 1.70. The molecule has 0 heterocycles. The van der Waals surface area contributed by atoms with E-state index in [-0.39, 0.29) is 0 Å². The highest BCUT2D eigenvalue weighted by molar-refractivity contribution is 8.13. The molecule has 7 heteroatoms. The molecule has 0 spiro atoms. The second-order valence-corrected chi connectivity index (χ2v) is 5.51. The summed E-state index contributed by atoms with van der Waals surface area (Å²) in [6, 6.07) is 1.98. The van der Waals surface area contributed by atoms with E-state index >= 15 is 0 Å². The minimum Gasteiger partial charge on any atom is -0.207 e. The number of rotatable bonds is 2. The summed E-state index contributed by atoms with van der Waals surface area (Å²) in [6.45, 7) is 0.580. The number of hydrogen-bond acceptors (Lipinski definition) is 2. The molecule has 0 aromatic heterocycles. The summed E-state index contributed by atoms with van der Waals surface area (Å²) in [6.07, 6.45) is 0. The van der Waals surface area contributed by atoms with E-state index in [1.807, 2.05) is 0 Å². The van der Waals surface area contributed by atoms with Crippen LogP contribution in [0.3, 0.4) is 0 Å². The van der Waals surface area contributed by atoms with Crippen molar-refractivity contribution in [2.75, 3.05) is 0 Å². The van der Waals surface area contributed by atoms with Crippen molar-refractivity contribution in [3.8, 4) is 0 Å². The lowest BCUT2D eigenvalue weighted by Crippen LogP contribution is -2.08. The van der Waals surface area contributed by atoms with Crippen molar-refractivity contribution in [2.45, 2.75) is 17.7 Å². The fourth-order valence-electron chi connectivity index (χ4n) is 0.972. The summed E-state index contributed by atoms with van der Waals surface area (Å²) in [5.41, 5.74) is -0.607. The molecule has 0 unspecified atom stereocenters. The molecule has 2 nitrogen and oxygen atoms in total. The molecule has 1 aromatic carbocycles. The average Bonchev–Trinajstić information content (AvgIpc) is 1.99. The van der Waals surface area contributed by atoms with Crippen LogP contribution in [0.4, 0.5) is 13.2 Å². The predicted molar refractivity (Wildman–Crippen MR) is 49.0 cm³/mol. The summed E-state index contributed by atoms with van der Waals surface area (Å²) in [7, 11) is 0.632. The van der Waals surface area contributed by atoms with Crippen LogP contribution in [-0.4, -0.2) is 8.42 Å². The zero-order chi connectivity index (χ0) is 11.9. The van der Waals surface area contributed by atoms with Gasteiger partial charge in [-0.2, -0.15) is 0 Å². The van der Waals surface area contributed by atoms with Crippen molar-refractivity contribution in [1.82, 2.24) is 0 Å². The van der Waals surface area contributed by atoms with Crippen LogP contribution in [0.2, 0.25) is 0 Å². The van der Waals surface area contributed by atoms with Gasteiger partial charge in [-0.05, 0) is 12.1 Å². The summed E-state index contributed by atoms with van der Waals surface area (Å²) >= 11 is 0. The van der Waals surface area contributed by atoms with E-state index < -0.39 is 31.2 Å². The van der Waals surface area contributed by atoms with Gasteiger partial charge < -0.3 is 0 Å². The third-order valence-corrected chi connectivity index (χ3v) is 3.06. The topological polar surface area (TPSA) is 34.1 Å². The molecule has 0 fully saturated rings. The number of alkyl halides is 2. The summed E-state index contributed by atoms with van der Waals surface area (Å²) in [4.78, 5) is -0.808. The Hall–Kier alpha value is -0.750. The second kappa shape index (κ2) is 3.68. The monoisotopic (exact) mass is 258 g/mol. The maximum Gasteiger partial charge on any atom is 0.270 e. The van der Waals surface area contributed by atoms with Gasteiger partial charge in [-0.1, -0.05) is 6.07 Å². The Balaban J connectivity index is 3.34. The lowest BCUT2D eigenvalue weighted by Gasteiger charge is -2.10. The molecule has 0 bridgehead atoms. The first kappa shape index (κ1) is 12.3. The van der Waals surface area contributed by atoms with Crippen LogP contribution in [0.5, 0.6) is 0 Å². The Kier molecular flexibility index (Phi) is 3.02. The third kappa shape index (κ3) is 2.85. The molecule has 0 N–H and O–H groups in total. The van der Waals surface area contributed by atoms with Gasteiger partial charge in [0.2, 0.25) is 0 Å². The molecular weight excluding hydrogens is 253 g/mol. The molecule has 0 atom stereocenters. The molecule has 0 aliphatic rings. The molecule has 0 aliphatic heterocycles. The molecule has 0 radical (unpaired) electrons. The minimum atomic E-state index is -4.24. The fourth-order valence-corrected chi connectivity index (χ4v) is 1.87. The van der Waals surface area contributed by atoms with Crippen molar-refractivity contribution in [3.05, 3.63) is 29.6 Å². The maximum absolute atomic E-state index is 13.1. The summed E-state index contributed by atoms with van der Waals surface area (Å²) < 4.78 is 60.0. The van der Waals surface area contributed by atoms with Crippen molar-refractivity contribution in [1.29, 1.82) is 0 Å². The van der Waals surface area contributed by atoms with E-state index in [0.29, 0.717) is 19.1 Å². The molecule has 0 amide bonds. The van der Waals surface area contributed by atoms with Crippen LogP contribution >= 0.6 is 10.7 Å². The smallest absolute Gasteiger partial charge is 0.207 e. The summed E-state index contributed by atoms with van der Waals surface area (Å²) in [5, 5.41) is 0. The van der Waals surface area contributed by atoms with E-state index in [1.165, 1.54) is 0 Å². The molecule has 84 valence electrons. The first-order valence-corrected chi connectivity index (χ1v) is 6.06. The van der Waals surface area contributed by atoms with Gasteiger partial charge in [0, 0.05) is 23.2 Å². The van der Waals surface area contributed by atoms with Gasteiger partial charge in [-0.25, -0.2) is 21.6 Å². The van der Waals surface area contributed by atoms with Crippen molar-refractivity contribution in [3.63, 3.8) is 0 Å². The zero-order valence-corrected chi connectivity index (χ0v) is 9.04. The predicted octanol–water partition coefficient (Wildman–Crippen LogP) is 2.86. The Morgan fingerprint density at radius 3 is 2.20 bits per heavy atom. The van der Waals surface area contributed by atoms with Crippen molar-refractivity contribution < 1.29 is 21.6 Å². The van der Waals surface area contributed by atoms with E-state index in [2.05, 4.69) is 0 Å². The fraction of sp³-hybridized carbons (Fsp3) is 0.250. The highest BCUT2D eigenvalue weighted by atomic mass is 35.7. The standard InChI is InChI=1S/C8H6ClF3O2S/c1-8(11,12)5-2-3-7(6(10)4-5)15(9,13)14/h2-4H,1H3. The molecular formula is C8H6ClF3O2S. The lowest BCUT2D eigenvalue weighted by molar-refractivity contribution is 0.0170. The lowest BCUT2D eigenvalue weighted by atomic mass is 10.1. The average molecular weight is 259 g/mol. The number of benzene rings is 1. The Bertz CT molecular complexity index is 479. The van der Waals surface area contributed by atoms with Gasteiger partial charge in [-0.3, -0.25) is 0 Å². The zero-order valence-electron chi connectivity index (χ0n) is 7.47. The Morgan fingerprint density at radius 2 is 1.87 bits per heavy atom. The molecule has 0 saturated carbocycles. The van der Waals surface area contributed by atoms with Gasteiger partial charge in [0.05, 0.1) is 0 Å². The quantitative estimate of drug-likeness (QED) is 0.765. The van der Waals surface area contributed by atoms with Crippen LogP contribution in [0.1, 0.15) is 12.5 Å². The summed E-state index contributed by atoms with van der Waals surface area (Å²) in [5.74, 6) is -4.51. The maximum atomic E-state index is 13.1. The molecule has 1 aromatic rings. The first-order valence-electron chi connectivity index (χ1n) is 3.75. The van der Waals surface area contributed by atoms with Crippen LogP contribution in [-0.2, 0) is 15.0 Å². The normalized spacial score (nSPS) is 12.9. The van der Waals surface area contributed by atoms with Crippen LogP contribution in [0.25, 0.3) is 0 Å². The van der Waals surface area contributed by atoms with Crippen LogP contribution < -0.4 is 0 Å². The van der Waals surface area contributed by atoms with Crippen molar-refractivity contribution >= 4 is 19.7 Å². The van der Waals surface area contributed by atoms with Gasteiger partial charge in [0.25, 0.3) is 15.0 Å². The largest absolute Gasteiger partial charge is 0.270 e. The van der Waals surface area contributed by atoms with E-state index in [0.717, 1.165) is 6.07 Å². The Labute approximate surface area is 89.1 Å². The van der Waals surface area contributed by atoms with Gasteiger partial charge >= 0.3 is 0 Å². The molecule has 0 aliphatic carbocycles. The first-order chi connectivity index (χ1) is 6.62.